The monoisotopic (exact) mass is 390 g/mol. The third-order valence-electron chi connectivity index (χ3n) is 4.23. The standard InChI is InChI=1S/C20H18N6O3/c1-14-9-10-21-20-23-18(24-26(14)20)19(28)25(12-16-8-5-11-29-16)13-17(27)22-15-6-3-2-4-7-15/h2-11H,12-13H2,1H3,(H,22,27). The molecule has 3 aromatic heterocycles. The number of hydrogen-bond donors (Lipinski definition) is 1. The van der Waals surface area contributed by atoms with E-state index < -0.39 is 5.91 Å². The van der Waals surface area contributed by atoms with E-state index in [9.17, 15) is 9.59 Å². The molecule has 0 saturated heterocycles. The number of nitrogens with zero attached hydrogens (tertiary/aromatic N) is 5. The van der Waals surface area contributed by atoms with E-state index in [1.54, 1.807) is 36.5 Å². The van der Waals surface area contributed by atoms with Crippen LogP contribution in [-0.2, 0) is 11.3 Å². The van der Waals surface area contributed by atoms with Gasteiger partial charge in [0.2, 0.25) is 11.7 Å². The second kappa shape index (κ2) is 7.93. The first kappa shape index (κ1) is 18.4. The summed E-state index contributed by atoms with van der Waals surface area (Å²) < 4.78 is 6.83. The first-order valence-corrected chi connectivity index (χ1v) is 8.95. The maximum Gasteiger partial charge on any atom is 0.294 e. The quantitative estimate of drug-likeness (QED) is 0.542. The van der Waals surface area contributed by atoms with Crippen molar-refractivity contribution in [2.45, 2.75) is 13.5 Å². The minimum Gasteiger partial charge on any atom is -0.467 e. The second-order valence-corrected chi connectivity index (χ2v) is 6.39. The third kappa shape index (κ3) is 4.13. The molecule has 3 heterocycles. The SMILES string of the molecule is Cc1ccnc2nc(C(=O)N(CC(=O)Nc3ccccc3)Cc3ccco3)nn12. The maximum atomic E-state index is 13.1. The summed E-state index contributed by atoms with van der Waals surface area (Å²) in [6.07, 6.45) is 3.11. The van der Waals surface area contributed by atoms with E-state index in [0.29, 0.717) is 17.2 Å². The number of aryl methyl sites for hydroxylation is 1. The first-order chi connectivity index (χ1) is 14.1. The Morgan fingerprint density at radius 2 is 1.97 bits per heavy atom. The molecule has 0 aliphatic heterocycles. The van der Waals surface area contributed by atoms with Crippen molar-refractivity contribution < 1.29 is 14.0 Å². The number of amides is 2. The number of carbonyl (C=O) groups is 2. The summed E-state index contributed by atoms with van der Waals surface area (Å²) >= 11 is 0. The highest BCUT2D eigenvalue weighted by Gasteiger charge is 2.24. The molecule has 0 unspecified atom stereocenters. The molecule has 9 nitrogen and oxygen atoms in total. The van der Waals surface area contributed by atoms with Crippen molar-refractivity contribution in [2.24, 2.45) is 0 Å². The molecule has 1 aromatic carbocycles. The zero-order valence-electron chi connectivity index (χ0n) is 15.6. The van der Waals surface area contributed by atoms with Crippen LogP contribution in [0.15, 0.2) is 65.4 Å². The van der Waals surface area contributed by atoms with Crippen LogP contribution in [0.1, 0.15) is 22.1 Å². The molecule has 0 saturated carbocycles. The molecule has 9 heteroatoms. The number of anilines is 1. The van der Waals surface area contributed by atoms with Crippen LogP contribution in [0, 0.1) is 6.92 Å². The average Bonchev–Trinajstić information content (AvgIpc) is 3.38. The largest absolute Gasteiger partial charge is 0.467 e. The van der Waals surface area contributed by atoms with Crippen molar-refractivity contribution in [2.75, 3.05) is 11.9 Å². The van der Waals surface area contributed by atoms with Gasteiger partial charge in [0.05, 0.1) is 12.8 Å². The molecule has 0 fully saturated rings. The van der Waals surface area contributed by atoms with Gasteiger partial charge in [-0.2, -0.15) is 4.98 Å². The van der Waals surface area contributed by atoms with Crippen LogP contribution < -0.4 is 5.32 Å². The Morgan fingerprint density at radius 3 is 2.69 bits per heavy atom. The van der Waals surface area contributed by atoms with Gasteiger partial charge in [0.1, 0.15) is 12.3 Å². The summed E-state index contributed by atoms with van der Waals surface area (Å²) in [5.41, 5.74) is 1.44. The Kier molecular flexibility index (Phi) is 5.02. The minimum atomic E-state index is -0.491. The summed E-state index contributed by atoms with van der Waals surface area (Å²) in [6, 6.07) is 14.3. The van der Waals surface area contributed by atoms with E-state index in [0.717, 1.165) is 5.69 Å². The zero-order valence-corrected chi connectivity index (χ0v) is 15.6. The summed E-state index contributed by atoms with van der Waals surface area (Å²) in [7, 11) is 0. The van der Waals surface area contributed by atoms with Crippen molar-refractivity contribution in [3.63, 3.8) is 0 Å². The van der Waals surface area contributed by atoms with Crippen molar-refractivity contribution in [1.29, 1.82) is 0 Å². The number of benzene rings is 1. The Balaban J connectivity index is 1.57. The highest BCUT2D eigenvalue weighted by Crippen LogP contribution is 2.11. The van der Waals surface area contributed by atoms with Gasteiger partial charge in [0.25, 0.3) is 11.7 Å². The van der Waals surface area contributed by atoms with Crippen molar-refractivity contribution in [3.8, 4) is 0 Å². The molecule has 4 aromatic rings. The van der Waals surface area contributed by atoms with Gasteiger partial charge in [0.15, 0.2) is 0 Å². The molecule has 4 rings (SSSR count). The van der Waals surface area contributed by atoms with Crippen LogP contribution in [0.2, 0.25) is 0 Å². The molecule has 0 spiro atoms. The minimum absolute atomic E-state index is 0.0362. The lowest BCUT2D eigenvalue weighted by atomic mass is 10.3. The zero-order chi connectivity index (χ0) is 20.2. The number of hydrogen-bond acceptors (Lipinski definition) is 6. The molecule has 0 bridgehead atoms. The second-order valence-electron chi connectivity index (χ2n) is 6.39. The molecular weight excluding hydrogens is 372 g/mol. The number of para-hydroxylation sites is 1. The lowest BCUT2D eigenvalue weighted by Crippen LogP contribution is -2.38. The van der Waals surface area contributed by atoms with Gasteiger partial charge in [-0.1, -0.05) is 18.2 Å². The van der Waals surface area contributed by atoms with Gasteiger partial charge in [0, 0.05) is 17.6 Å². The lowest BCUT2D eigenvalue weighted by Gasteiger charge is -2.19. The Bertz CT molecular complexity index is 1140. The van der Waals surface area contributed by atoms with Crippen LogP contribution in [0.4, 0.5) is 5.69 Å². The van der Waals surface area contributed by atoms with Crippen molar-refractivity contribution >= 4 is 23.3 Å². The highest BCUT2D eigenvalue weighted by molar-refractivity contribution is 5.97. The maximum absolute atomic E-state index is 13.1. The lowest BCUT2D eigenvalue weighted by molar-refractivity contribution is -0.117. The van der Waals surface area contributed by atoms with E-state index in [-0.39, 0.29) is 24.8 Å². The fourth-order valence-electron chi connectivity index (χ4n) is 2.82. The third-order valence-corrected chi connectivity index (χ3v) is 4.23. The summed E-state index contributed by atoms with van der Waals surface area (Å²) in [5.74, 6) is -0.00137. The topological polar surface area (TPSA) is 106 Å². The molecule has 29 heavy (non-hydrogen) atoms. The van der Waals surface area contributed by atoms with Gasteiger partial charge in [-0.15, -0.1) is 5.10 Å². The van der Waals surface area contributed by atoms with E-state index in [4.69, 9.17) is 4.42 Å². The van der Waals surface area contributed by atoms with Crippen LogP contribution in [0.5, 0.6) is 0 Å². The van der Waals surface area contributed by atoms with E-state index in [2.05, 4.69) is 20.4 Å². The molecule has 0 radical (unpaired) electrons. The van der Waals surface area contributed by atoms with Gasteiger partial charge in [-0.25, -0.2) is 9.50 Å². The normalized spacial score (nSPS) is 10.8. The van der Waals surface area contributed by atoms with Crippen molar-refractivity contribution in [3.05, 3.63) is 78.3 Å². The fourth-order valence-corrected chi connectivity index (χ4v) is 2.82. The average molecular weight is 390 g/mol. The molecule has 0 aliphatic carbocycles. The summed E-state index contributed by atoms with van der Waals surface area (Å²) in [6.45, 7) is 1.76. The first-order valence-electron chi connectivity index (χ1n) is 8.95. The van der Waals surface area contributed by atoms with Crippen LogP contribution in [0.3, 0.4) is 0 Å². The fraction of sp³-hybridized carbons (Fsp3) is 0.150. The molecule has 0 atom stereocenters. The number of furan rings is 1. The Morgan fingerprint density at radius 1 is 1.14 bits per heavy atom. The van der Waals surface area contributed by atoms with Gasteiger partial charge < -0.3 is 14.6 Å². The predicted molar refractivity (Wildman–Crippen MR) is 104 cm³/mol. The molecule has 2 amide bonds. The smallest absolute Gasteiger partial charge is 0.294 e. The van der Waals surface area contributed by atoms with E-state index in [1.807, 2.05) is 25.1 Å². The highest BCUT2D eigenvalue weighted by atomic mass is 16.3. The van der Waals surface area contributed by atoms with E-state index in [1.165, 1.54) is 15.7 Å². The number of fused-ring (bicyclic) bond motifs is 1. The summed E-state index contributed by atoms with van der Waals surface area (Å²) in [5, 5.41) is 7.02. The number of nitrogens with one attached hydrogen (secondary N) is 1. The molecule has 0 aliphatic rings. The van der Waals surface area contributed by atoms with Gasteiger partial charge in [-0.05, 0) is 37.3 Å². The molecule has 1 N–H and O–H groups in total. The Labute approximate surface area is 166 Å². The number of carbonyl (C=O) groups excluding carboxylic acids is 2. The van der Waals surface area contributed by atoms with Crippen molar-refractivity contribution in [1.82, 2.24) is 24.5 Å². The van der Waals surface area contributed by atoms with Gasteiger partial charge in [-0.3, -0.25) is 9.59 Å². The van der Waals surface area contributed by atoms with Crippen LogP contribution in [-0.4, -0.2) is 42.8 Å². The van der Waals surface area contributed by atoms with Gasteiger partial charge >= 0.3 is 0 Å². The number of rotatable bonds is 6. The van der Waals surface area contributed by atoms with E-state index >= 15 is 0 Å². The summed E-state index contributed by atoms with van der Waals surface area (Å²) in [4.78, 5) is 35.3. The predicted octanol–water partition coefficient (Wildman–Crippen LogP) is 2.31. The number of aromatic nitrogens is 4. The Hall–Kier alpha value is -4.01. The molecule has 146 valence electrons. The molecular formula is C20H18N6O3. The van der Waals surface area contributed by atoms with Crippen LogP contribution in [0.25, 0.3) is 5.78 Å². The van der Waals surface area contributed by atoms with Crippen LogP contribution >= 0.6 is 0 Å².